The molecule has 1 amide bonds. The molecule has 0 aliphatic heterocycles. The fourth-order valence-electron chi connectivity index (χ4n) is 0.913. The van der Waals surface area contributed by atoms with Crippen LogP contribution in [0.5, 0.6) is 0 Å². The second-order valence-corrected chi connectivity index (χ2v) is 4.52. The van der Waals surface area contributed by atoms with Crippen molar-refractivity contribution in [3.63, 3.8) is 0 Å². The predicted molar refractivity (Wildman–Crippen MR) is 56.9 cm³/mol. The molecule has 0 bridgehead atoms. The summed E-state index contributed by atoms with van der Waals surface area (Å²) in [6.07, 6.45) is 0.254. The van der Waals surface area contributed by atoms with E-state index in [9.17, 15) is 9.59 Å². The third-order valence-corrected chi connectivity index (χ3v) is 1.32. The summed E-state index contributed by atoms with van der Waals surface area (Å²) in [6, 6.07) is 0. The van der Waals surface area contributed by atoms with Crippen LogP contribution in [0, 0.1) is 0 Å². The first-order valence-corrected chi connectivity index (χ1v) is 4.89. The quantitative estimate of drug-likeness (QED) is 0.555. The van der Waals surface area contributed by atoms with Crippen LogP contribution in [0.2, 0.25) is 0 Å². The Morgan fingerprint density at radius 1 is 1.20 bits per heavy atom. The molecule has 0 aliphatic rings. The molecule has 0 spiro atoms. The Balaban J connectivity index is 3.77. The Morgan fingerprint density at radius 2 is 1.73 bits per heavy atom. The lowest BCUT2D eigenvalue weighted by atomic mass is 10.2. The van der Waals surface area contributed by atoms with Crippen molar-refractivity contribution < 1.29 is 14.3 Å². The average Bonchev–Trinajstić information content (AvgIpc) is 1.96. The van der Waals surface area contributed by atoms with Crippen LogP contribution in [0.4, 0.5) is 0 Å². The number of nitrogens with one attached hydrogen (secondary N) is 1. The maximum atomic E-state index is 11.2. The first kappa shape index (κ1) is 13.9. The summed E-state index contributed by atoms with van der Waals surface area (Å²) in [6.45, 7) is 5.39. The van der Waals surface area contributed by atoms with Gasteiger partial charge < -0.3 is 4.74 Å². The zero-order valence-corrected chi connectivity index (χ0v) is 10.1. The minimum atomic E-state index is -0.491. The van der Waals surface area contributed by atoms with Crippen LogP contribution in [0.15, 0.2) is 0 Å². The van der Waals surface area contributed by atoms with E-state index < -0.39 is 5.60 Å². The molecule has 0 rings (SSSR count). The lowest BCUT2D eigenvalue weighted by Gasteiger charge is -2.19. The molecular formula is C10H20N2O3. The molecule has 0 saturated carbocycles. The molecule has 0 atom stereocenters. The van der Waals surface area contributed by atoms with E-state index in [2.05, 4.69) is 5.43 Å². The summed E-state index contributed by atoms with van der Waals surface area (Å²) in [5, 5.41) is 1.54. The smallest absolute Gasteiger partial charge is 0.306 e. The van der Waals surface area contributed by atoms with Gasteiger partial charge in [0.2, 0.25) is 5.91 Å². The molecule has 0 fully saturated rings. The SMILES string of the molecule is CN(C)NC(=O)CCC(=O)OC(C)(C)C. The number of rotatable bonds is 4. The van der Waals surface area contributed by atoms with Crippen molar-refractivity contribution in [2.75, 3.05) is 14.1 Å². The Hall–Kier alpha value is -1.10. The fourth-order valence-corrected chi connectivity index (χ4v) is 0.913. The number of hydrazine groups is 1. The number of nitrogens with zero attached hydrogens (tertiary/aromatic N) is 1. The van der Waals surface area contributed by atoms with Crippen LogP contribution >= 0.6 is 0 Å². The van der Waals surface area contributed by atoms with E-state index in [1.165, 1.54) is 5.01 Å². The van der Waals surface area contributed by atoms with Gasteiger partial charge in [-0.05, 0) is 20.8 Å². The van der Waals surface area contributed by atoms with Gasteiger partial charge in [0.1, 0.15) is 5.60 Å². The van der Waals surface area contributed by atoms with E-state index >= 15 is 0 Å². The lowest BCUT2D eigenvalue weighted by Crippen LogP contribution is -2.36. The van der Waals surface area contributed by atoms with Crippen LogP contribution in [-0.2, 0) is 14.3 Å². The second kappa shape index (κ2) is 5.70. The van der Waals surface area contributed by atoms with Crippen molar-refractivity contribution in [1.29, 1.82) is 0 Å². The number of carbonyl (C=O) groups is 2. The number of ether oxygens (including phenoxy) is 1. The average molecular weight is 216 g/mol. The van der Waals surface area contributed by atoms with Crippen molar-refractivity contribution >= 4 is 11.9 Å². The highest BCUT2D eigenvalue weighted by molar-refractivity contribution is 5.80. The Labute approximate surface area is 90.7 Å². The van der Waals surface area contributed by atoms with Crippen LogP contribution < -0.4 is 5.43 Å². The van der Waals surface area contributed by atoms with E-state index in [4.69, 9.17) is 4.74 Å². The van der Waals surface area contributed by atoms with Crippen molar-refractivity contribution in [3.05, 3.63) is 0 Å². The molecule has 88 valence electrons. The molecule has 5 nitrogen and oxygen atoms in total. The van der Waals surface area contributed by atoms with Gasteiger partial charge in [-0.25, -0.2) is 5.01 Å². The standard InChI is InChI=1S/C10H20N2O3/c1-10(2,3)15-9(14)7-6-8(13)11-12(4)5/h6-7H2,1-5H3,(H,11,13). The molecule has 0 heterocycles. The van der Waals surface area contributed by atoms with Crippen LogP contribution in [-0.4, -0.2) is 36.6 Å². The number of esters is 1. The summed E-state index contributed by atoms with van der Waals surface area (Å²) in [5.74, 6) is -0.540. The summed E-state index contributed by atoms with van der Waals surface area (Å²) in [7, 11) is 3.43. The van der Waals surface area contributed by atoms with E-state index in [0.717, 1.165) is 0 Å². The van der Waals surface area contributed by atoms with Crippen molar-refractivity contribution in [2.45, 2.75) is 39.2 Å². The summed E-state index contributed by atoms with van der Waals surface area (Å²) < 4.78 is 5.06. The van der Waals surface area contributed by atoms with Crippen LogP contribution in [0.1, 0.15) is 33.6 Å². The van der Waals surface area contributed by atoms with Crippen LogP contribution in [0.3, 0.4) is 0 Å². The van der Waals surface area contributed by atoms with Gasteiger partial charge in [0, 0.05) is 20.5 Å². The minimum Gasteiger partial charge on any atom is -0.460 e. The van der Waals surface area contributed by atoms with E-state index in [1.54, 1.807) is 34.9 Å². The molecule has 0 aliphatic carbocycles. The second-order valence-electron chi connectivity index (χ2n) is 4.52. The maximum absolute atomic E-state index is 11.2. The summed E-state index contributed by atoms with van der Waals surface area (Å²) >= 11 is 0. The highest BCUT2D eigenvalue weighted by Crippen LogP contribution is 2.08. The molecule has 0 unspecified atom stereocenters. The number of hydrogen-bond donors (Lipinski definition) is 1. The van der Waals surface area contributed by atoms with Gasteiger partial charge in [-0.1, -0.05) is 0 Å². The third kappa shape index (κ3) is 9.21. The van der Waals surface area contributed by atoms with Gasteiger partial charge in [-0.15, -0.1) is 0 Å². The first-order chi connectivity index (χ1) is 6.70. The zero-order valence-electron chi connectivity index (χ0n) is 10.1. The first-order valence-electron chi connectivity index (χ1n) is 4.89. The molecule has 0 aromatic rings. The van der Waals surface area contributed by atoms with Crippen molar-refractivity contribution in [2.24, 2.45) is 0 Å². The van der Waals surface area contributed by atoms with Gasteiger partial charge in [-0.3, -0.25) is 15.0 Å². The highest BCUT2D eigenvalue weighted by Gasteiger charge is 2.16. The highest BCUT2D eigenvalue weighted by atomic mass is 16.6. The third-order valence-electron chi connectivity index (χ3n) is 1.32. The number of hydrogen-bond acceptors (Lipinski definition) is 4. The molecule has 15 heavy (non-hydrogen) atoms. The largest absolute Gasteiger partial charge is 0.460 e. The molecule has 1 N–H and O–H groups in total. The van der Waals surface area contributed by atoms with Gasteiger partial charge >= 0.3 is 5.97 Å². The van der Waals surface area contributed by atoms with E-state index in [0.29, 0.717) is 0 Å². The topological polar surface area (TPSA) is 58.6 Å². The Bertz CT molecular complexity index is 231. The maximum Gasteiger partial charge on any atom is 0.306 e. The predicted octanol–water partition coefficient (Wildman–Crippen LogP) is 0.701. The van der Waals surface area contributed by atoms with E-state index in [-0.39, 0.29) is 24.7 Å². The van der Waals surface area contributed by atoms with E-state index in [1.807, 2.05) is 0 Å². The molecule has 0 saturated heterocycles. The van der Waals surface area contributed by atoms with Crippen LogP contribution in [0.25, 0.3) is 0 Å². The molecule has 0 aromatic carbocycles. The summed E-state index contributed by atoms with van der Waals surface area (Å²) in [5.41, 5.74) is 2.06. The number of carbonyl (C=O) groups excluding carboxylic acids is 2. The Kier molecular flexibility index (Phi) is 5.28. The fraction of sp³-hybridized carbons (Fsp3) is 0.800. The monoisotopic (exact) mass is 216 g/mol. The molecule has 5 heteroatoms. The van der Waals surface area contributed by atoms with Gasteiger partial charge in [0.15, 0.2) is 0 Å². The van der Waals surface area contributed by atoms with Gasteiger partial charge in [-0.2, -0.15) is 0 Å². The Morgan fingerprint density at radius 3 is 2.13 bits per heavy atom. The molecule has 0 radical (unpaired) electrons. The van der Waals surface area contributed by atoms with Crippen molar-refractivity contribution in [3.8, 4) is 0 Å². The molecular weight excluding hydrogens is 196 g/mol. The molecule has 0 aromatic heterocycles. The number of amides is 1. The zero-order chi connectivity index (χ0) is 12.1. The minimum absolute atomic E-state index is 0.108. The van der Waals surface area contributed by atoms with Crippen molar-refractivity contribution in [1.82, 2.24) is 10.4 Å². The summed E-state index contributed by atoms with van der Waals surface area (Å²) in [4.78, 5) is 22.4. The van der Waals surface area contributed by atoms with Gasteiger partial charge in [0.25, 0.3) is 0 Å². The van der Waals surface area contributed by atoms with Gasteiger partial charge in [0.05, 0.1) is 6.42 Å². The lowest BCUT2D eigenvalue weighted by molar-refractivity contribution is -0.155. The normalized spacial score (nSPS) is 11.3.